The van der Waals surface area contributed by atoms with Crippen LogP contribution in [0.15, 0.2) is 0 Å². The zero-order valence-corrected chi connectivity index (χ0v) is 10.9. The van der Waals surface area contributed by atoms with Crippen molar-refractivity contribution in [2.45, 2.75) is 6.42 Å². The molecule has 0 fully saturated rings. The topological polar surface area (TPSA) is 81.0 Å². The van der Waals surface area contributed by atoms with Gasteiger partial charge in [-0.1, -0.05) is 0 Å². The van der Waals surface area contributed by atoms with Crippen LogP contribution >= 0.6 is 11.8 Å². The Morgan fingerprint density at radius 2 is 2.09 bits per heavy atom. The SMILES string of the molecule is N#CSCCCS(=O)(=O)[O-].[K+]. The maximum Gasteiger partial charge on any atom is 1.00 e. The average molecular weight is 219 g/mol. The van der Waals surface area contributed by atoms with E-state index in [0.29, 0.717) is 5.75 Å². The summed E-state index contributed by atoms with van der Waals surface area (Å²) in [5.41, 5.74) is 0. The molecular formula is C4H6KNO3S2. The maximum absolute atomic E-state index is 9.95. The molecule has 0 rings (SSSR count). The summed E-state index contributed by atoms with van der Waals surface area (Å²) in [7, 11) is -4.08. The van der Waals surface area contributed by atoms with Crippen molar-refractivity contribution in [1.82, 2.24) is 0 Å². The molecule has 7 heteroatoms. The summed E-state index contributed by atoms with van der Waals surface area (Å²) >= 11 is 0.951. The summed E-state index contributed by atoms with van der Waals surface area (Å²) < 4.78 is 29.8. The van der Waals surface area contributed by atoms with E-state index in [1.807, 2.05) is 0 Å². The number of nitrogens with zero attached hydrogens (tertiary/aromatic N) is 1. The molecule has 0 aromatic heterocycles. The molecule has 0 radical (unpaired) electrons. The molecule has 0 atom stereocenters. The number of thioether (sulfide) groups is 1. The van der Waals surface area contributed by atoms with Gasteiger partial charge in [0, 0.05) is 11.5 Å². The van der Waals surface area contributed by atoms with Crippen LogP contribution in [0.4, 0.5) is 0 Å². The van der Waals surface area contributed by atoms with Gasteiger partial charge >= 0.3 is 51.4 Å². The third-order valence-corrected chi connectivity index (χ3v) is 2.12. The Labute approximate surface area is 113 Å². The molecule has 0 N–H and O–H groups in total. The molecule has 58 valence electrons. The summed E-state index contributed by atoms with van der Waals surface area (Å²) in [5, 5.41) is 9.75. The Morgan fingerprint density at radius 1 is 1.55 bits per heavy atom. The van der Waals surface area contributed by atoms with Crippen molar-refractivity contribution >= 4 is 21.9 Å². The number of hydrogen-bond donors (Lipinski definition) is 0. The van der Waals surface area contributed by atoms with Crippen molar-refractivity contribution in [3.8, 4) is 5.40 Å². The van der Waals surface area contributed by atoms with Crippen LogP contribution in [0.3, 0.4) is 0 Å². The van der Waals surface area contributed by atoms with Crippen molar-refractivity contribution in [1.29, 1.82) is 5.26 Å². The predicted octanol–water partition coefficient (Wildman–Crippen LogP) is -2.86. The van der Waals surface area contributed by atoms with Crippen molar-refractivity contribution in [3.05, 3.63) is 0 Å². The molecule has 0 aromatic rings. The second-order valence-corrected chi connectivity index (χ2v) is 3.96. The summed E-state index contributed by atoms with van der Waals surface area (Å²) in [5.74, 6) is 0.0274. The second-order valence-electron chi connectivity index (χ2n) is 1.56. The number of thiocyanates is 1. The van der Waals surface area contributed by atoms with Crippen LogP contribution in [0.1, 0.15) is 6.42 Å². The average Bonchev–Trinajstić information content (AvgIpc) is 1.78. The Hall–Kier alpha value is 1.39. The van der Waals surface area contributed by atoms with Gasteiger partial charge in [0.1, 0.15) is 5.40 Å². The van der Waals surface area contributed by atoms with E-state index in [1.54, 1.807) is 5.40 Å². The van der Waals surface area contributed by atoms with Gasteiger partial charge in [0.05, 0.1) is 10.1 Å². The second kappa shape index (κ2) is 8.01. The van der Waals surface area contributed by atoms with Crippen LogP contribution in [0.2, 0.25) is 0 Å². The third kappa shape index (κ3) is 14.3. The third-order valence-electron chi connectivity index (χ3n) is 0.705. The van der Waals surface area contributed by atoms with Crippen LogP contribution in [0, 0.1) is 10.7 Å². The molecule has 0 bridgehead atoms. The first kappa shape index (κ1) is 14.9. The minimum Gasteiger partial charge on any atom is -0.748 e. The first-order valence-corrected chi connectivity index (χ1v) is 5.07. The van der Waals surface area contributed by atoms with E-state index in [1.165, 1.54) is 0 Å². The Bertz CT molecular complexity index is 220. The maximum atomic E-state index is 9.95. The monoisotopic (exact) mass is 219 g/mol. The summed E-state index contributed by atoms with van der Waals surface area (Å²) in [4.78, 5) is 0. The molecule has 0 aromatic carbocycles. The van der Waals surface area contributed by atoms with Gasteiger partial charge in [-0.25, -0.2) is 8.42 Å². The molecular weight excluding hydrogens is 213 g/mol. The molecule has 0 spiro atoms. The molecule has 0 amide bonds. The van der Waals surface area contributed by atoms with Gasteiger partial charge in [-0.3, -0.25) is 0 Å². The van der Waals surface area contributed by atoms with E-state index in [9.17, 15) is 13.0 Å². The number of nitriles is 1. The minimum absolute atomic E-state index is 0. The van der Waals surface area contributed by atoms with Gasteiger partial charge in [-0.2, -0.15) is 5.26 Å². The normalized spacial score (nSPS) is 9.82. The smallest absolute Gasteiger partial charge is 0.748 e. The molecule has 0 aliphatic carbocycles. The van der Waals surface area contributed by atoms with Crippen molar-refractivity contribution in [2.75, 3.05) is 11.5 Å². The minimum atomic E-state index is -4.08. The van der Waals surface area contributed by atoms with Gasteiger partial charge in [0.15, 0.2) is 0 Å². The van der Waals surface area contributed by atoms with Crippen molar-refractivity contribution < 1.29 is 64.4 Å². The molecule has 11 heavy (non-hydrogen) atoms. The van der Waals surface area contributed by atoms with Gasteiger partial charge in [-0.15, -0.1) is 0 Å². The Morgan fingerprint density at radius 3 is 2.45 bits per heavy atom. The van der Waals surface area contributed by atoms with Crippen LogP contribution in [-0.4, -0.2) is 24.5 Å². The van der Waals surface area contributed by atoms with Crippen LogP contribution in [0.5, 0.6) is 0 Å². The van der Waals surface area contributed by atoms with Crippen molar-refractivity contribution in [3.63, 3.8) is 0 Å². The summed E-state index contributed by atoms with van der Waals surface area (Å²) in [6.45, 7) is 0. The molecule has 0 aliphatic rings. The van der Waals surface area contributed by atoms with E-state index in [4.69, 9.17) is 5.26 Å². The number of hydrogen-bond acceptors (Lipinski definition) is 5. The fraction of sp³-hybridized carbons (Fsp3) is 0.750. The van der Waals surface area contributed by atoms with Crippen LogP contribution in [0.25, 0.3) is 0 Å². The van der Waals surface area contributed by atoms with Gasteiger partial charge in [0.2, 0.25) is 0 Å². The van der Waals surface area contributed by atoms with Gasteiger partial charge < -0.3 is 4.55 Å². The van der Waals surface area contributed by atoms with Crippen LogP contribution in [-0.2, 0) is 10.1 Å². The molecule has 0 saturated heterocycles. The fourth-order valence-electron chi connectivity index (χ4n) is 0.354. The molecule has 0 aliphatic heterocycles. The largest absolute Gasteiger partial charge is 1.00 e. The molecule has 4 nitrogen and oxygen atoms in total. The van der Waals surface area contributed by atoms with Crippen molar-refractivity contribution in [2.24, 2.45) is 0 Å². The van der Waals surface area contributed by atoms with E-state index in [2.05, 4.69) is 0 Å². The van der Waals surface area contributed by atoms with Gasteiger partial charge in [-0.05, 0) is 18.2 Å². The summed E-state index contributed by atoms with van der Waals surface area (Å²) in [6, 6.07) is 0. The summed E-state index contributed by atoms with van der Waals surface area (Å²) in [6.07, 6.45) is 0.254. The van der Waals surface area contributed by atoms with E-state index in [-0.39, 0.29) is 63.6 Å². The first-order valence-electron chi connectivity index (χ1n) is 2.51. The van der Waals surface area contributed by atoms with E-state index < -0.39 is 10.1 Å². The van der Waals surface area contributed by atoms with Crippen LogP contribution < -0.4 is 51.4 Å². The Kier molecular flexibility index (Phi) is 10.8. The Balaban J connectivity index is 0. The van der Waals surface area contributed by atoms with E-state index >= 15 is 0 Å². The van der Waals surface area contributed by atoms with E-state index in [0.717, 1.165) is 11.8 Å². The fourth-order valence-corrected chi connectivity index (χ4v) is 1.41. The molecule has 0 saturated carbocycles. The first-order chi connectivity index (χ1) is 4.56. The molecule has 0 unspecified atom stereocenters. The van der Waals surface area contributed by atoms with Gasteiger partial charge in [0.25, 0.3) is 0 Å². The zero-order valence-electron chi connectivity index (χ0n) is 6.11. The standard InChI is InChI=1S/C4H7NO3S2.K/c5-4-9-2-1-3-10(6,7)8;/h1-3H2,(H,6,7,8);/q;+1/p-1. The quantitative estimate of drug-likeness (QED) is 0.220. The number of rotatable bonds is 4. The predicted molar refractivity (Wildman–Crippen MR) is 37.3 cm³/mol. The molecule has 0 heterocycles. The zero-order chi connectivity index (χ0) is 8.04.